The molecular formula is C14H22N4O2S. The summed E-state index contributed by atoms with van der Waals surface area (Å²) in [6, 6.07) is 0.494. The van der Waals surface area contributed by atoms with Gasteiger partial charge in [-0.1, -0.05) is 11.8 Å². The maximum atomic E-state index is 12.4. The van der Waals surface area contributed by atoms with E-state index >= 15 is 0 Å². The topological polar surface area (TPSA) is 69.0 Å². The zero-order valence-electron chi connectivity index (χ0n) is 12.5. The van der Waals surface area contributed by atoms with Gasteiger partial charge < -0.3 is 9.30 Å². The number of esters is 1. The summed E-state index contributed by atoms with van der Waals surface area (Å²) < 4.78 is 7.24. The van der Waals surface area contributed by atoms with Crippen LogP contribution in [0.3, 0.4) is 0 Å². The first-order chi connectivity index (χ1) is 10.1. The Kier molecular flexibility index (Phi) is 4.21. The van der Waals surface area contributed by atoms with Crippen LogP contribution in [0.25, 0.3) is 0 Å². The summed E-state index contributed by atoms with van der Waals surface area (Å²) in [5.74, 6) is -0.0852. The first-order valence-corrected chi connectivity index (χ1v) is 8.46. The smallest absolute Gasteiger partial charge is 0.326 e. The van der Waals surface area contributed by atoms with Crippen LogP contribution < -0.4 is 5.32 Å². The van der Waals surface area contributed by atoms with Gasteiger partial charge in [-0.3, -0.25) is 10.1 Å². The predicted octanol–water partition coefficient (Wildman–Crippen LogP) is 1.51. The minimum Gasteiger partial charge on any atom is -0.465 e. The van der Waals surface area contributed by atoms with Crippen LogP contribution in [0.4, 0.5) is 0 Å². The fourth-order valence-corrected chi connectivity index (χ4v) is 4.10. The average Bonchev–Trinajstić information content (AvgIpc) is 3.03. The summed E-state index contributed by atoms with van der Waals surface area (Å²) in [7, 11) is 1.94. The fourth-order valence-electron chi connectivity index (χ4n) is 2.89. The number of ether oxygens (including phenoxy) is 1. The third kappa shape index (κ3) is 3.23. The van der Waals surface area contributed by atoms with Crippen LogP contribution in [0.5, 0.6) is 0 Å². The summed E-state index contributed by atoms with van der Waals surface area (Å²) in [6.45, 7) is 2.30. The number of thioether (sulfide) groups is 1. The van der Waals surface area contributed by atoms with Gasteiger partial charge in [-0.05, 0) is 39.0 Å². The molecule has 2 aliphatic rings. The molecule has 1 heterocycles. The Hall–Kier alpha value is -1.08. The molecule has 1 N–H and O–H groups in total. The third-order valence-electron chi connectivity index (χ3n) is 4.14. The van der Waals surface area contributed by atoms with Gasteiger partial charge in [0.25, 0.3) is 0 Å². The van der Waals surface area contributed by atoms with Crippen LogP contribution >= 0.6 is 11.8 Å². The molecule has 0 radical (unpaired) electrons. The van der Waals surface area contributed by atoms with Crippen molar-refractivity contribution in [2.24, 2.45) is 7.05 Å². The van der Waals surface area contributed by atoms with Gasteiger partial charge in [0.1, 0.15) is 11.9 Å². The Morgan fingerprint density at radius 1 is 1.57 bits per heavy atom. The maximum absolute atomic E-state index is 12.4. The normalized spacial score (nSPS) is 28.8. The molecular weight excluding hydrogens is 288 g/mol. The van der Waals surface area contributed by atoms with Gasteiger partial charge in [-0.25, -0.2) is 0 Å². The number of carbonyl (C=O) groups is 1. The van der Waals surface area contributed by atoms with Crippen LogP contribution in [0, 0.1) is 0 Å². The SMILES string of the molecule is CCOC(=O)C1(NC2CC2)CCC(Sc2nncn2C)C1. The van der Waals surface area contributed by atoms with Crippen molar-refractivity contribution in [1.82, 2.24) is 20.1 Å². The first-order valence-electron chi connectivity index (χ1n) is 7.58. The lowest BCUT2D eigenvalue weighted by atomic mass is 9.97. The van der Waals surface area contributed by atoms with E-state index in [2.05, 4.69) is 15.5 Å². The number of hydrogen-bond acceptors (Lipinski definition) is 6. The summed E-state index contributed by atoms with van der Waals surface area (Å²) in [5, 5.41) is 12.9. The molecule has 2 saturated carbocycles. The standard InChI is InChI=1S/C14H22N4O2S/c1-3-20-12(19)14(16-10-4-5-10)7-6-11(8-14)21-13-17-15-9-18(13)2/h9-11,16H,3-8H2,1-2H3. The Bertz CT molecular complexity index is 517. The minimum atomic E-state index is -0.493. The van der Waals surface area contributed by atoms with Crippen molar-refractivity contribution in [3.05, 3.63) is 6.33 Å². The van der Waals surface area contributed by atoms with Crippen molar-refractivity contribution >= 4 is 17.7 Å². The van der Waals surface area contributed by atoms with Crippen molar-refractivity contribution in [3.63, 3.8) is 0 Å². The lowest BCUT2D eigenvalue weighted by Crippen LogP contribution is -2.52. The van der Waals surface area contributed by atoms with E-state index in [1.54, 1.807) is 18.1 Å². The number of carbonyl (C=O) groups excluding carboxylic acids is 1. The molecule has 1 aromatic heterocycles. The molecule has 2 fully saturated rings. The third-order valence-corrected chi connectivity index (χ3v) is 5.45. The Balaban J connectivity index is 1.68. The number of nitrogens with one attached hydrogen (secondary N) is 1. The highest BCUT2D eigenvalue weighted by molar-refractivity contribution is 7.99. The van der Waals surface area contributed by atoms with Crippen molar-refractivity contribution < 1.29 is 9.53 Å². The van der Waals surface area contributed by atoms with Crippen LogP contribution in [-0.2, 0) is 16.6 Å². The summed E-state index contributed by atoms with van der Waals surface area (Å²) in [6.07, 6.45) is 6.69. The maximum Gasteiger partial charge on any atom is 0.326 e. The molecule has 0 saturated heterocycles. The molecule has 0 aromatic carbocycles. The van der Waals surface area contributed by atoms with E-state index in [4.69, 9.17) is 4.74 Å². The number of hydrogen-bond donors (Lipinski definition) is 1. The molecule has 0 bridgehead atoms. The van der Waals surface area contributed by atoms with E-state index in [0.29, 0.717) is 17.9 Å². The van der Waals surface area contributed by atoms with Crippen molar-refractivity contribution in [3.8, 4) is 0 Å². The number of nitrogens with zero attached hydrogens (tertiary/aromatic N) is 3. The molecule has 7 heteroatoms. The lowest BCUT2D eigenvalue weighted by molar-refractivity contribution is -0.151. The van der Waals surface area contributed by atoms with E-state index in [0.717, 1.165) is 24.4 Å². The second-order valence-corrected chi connectivity index (χ2v) is 7.20. The average molecular weight is 310 g/mol. The number of aromatic nitrogens is 3. The highest BCUT2D eigenvalue weighted by atomic mass is 32.2. The van der Waals surface area contributed by atoms with Crippen LogP contribution in [-0.4, -0.2) is 44.2 Å². The van der Waals surface area contributed by atoms with Gasteiger partial charge >= 0.3 is 5.97 Å². The van der Waals surface area contributed by atoms with E-state index < -0.39 is 5.54 Å². The minimum absolute atomic E-state index is 0.0852. The van der Waals surface area contributed by atoms with Gasteiger partial charge in [0, 0.05) is 18.3 Å². The van der Waals surface area contributed by atoms with Gasteiger partial charge in [-0.2, -0.15) is 0 Å². The Labute approximate surface area is 129 Å². The number of aryl methyl sites for hydroxylation is 1. The molecule has 3 rings (SSSR count). The van der Waals surface area contributed by atoms with Gasteiger partial charge in [-0.15, -0.1) is 10.2 Å². The lowest BCUT2D eigenvalue weighted by Gasteiger charge is -2.28. The van der Waals surface area contributed by atoms with E-state index in [9.17, 15) is 4.79 Å². The quantitative estimate of drug-likeness (QED) is 0.803. The van der Waals surface area contributed by atoms with Crippen molar-refractivity contribution in [2.75, 3.05) is 6.61 Å². The predicted molar refractivity (Wildman–Crippen MR) is 80.0 cm³/mol. The van der Waals surface area contributed by atoms with E-state index in [1.165, 1.54) is 12.8 Å². The molecule has 0 spiro atoms. The van der Waals surface area contributed by atoms with E-state index in [1.807, 2.05) is 18.5 Å². The van der Waals surface area contributed by atoms with Crippen LogP contribution in [0.1, 0.15) is 39.0 Å². The van der Waals surface area contributed by atoms with Crippen LogP contribution in [0.2, 0.25) is 0 Å². The molecule has 2 atom stereocenters. The molecule has 21 heavy (non-hydrogen) atoms. The zero-order chi connectivity index (χ0) is 14.9. The fraction of sp³-hybridized carbons (Fsp3) is 0.786. The van der Waals surface area contributed by atoms with Crippen molar-refractivity contribution in [2.45, 2.75) is 61.0 Å². The number of rotatable bonds is 6. The summed E-state index contributed by atoms with van der Waals surface area (Å²) in [4.78, 5) is 12.4. The van der Waals surface area contributed by atoms with Crippen LogP contribution in [0.15, 0.2) is 11.5 Å². The second-order valence-electron chi connectivity index (χ2n) is 5.93. The molecule has 2 unspecified atom stereocenters. The monoisotopic (exact) mass is 310 g/mol. The highest BCUT2D eigenvalue weighted by Gasteiger charge is 2.49. The van der Waals surface area contributed by atoms with Gasteiger partial charge in [0.15, 0.2) is 5.16 Å². The first kappa shape index (κ1) is 14.8. The van der Waals surface area contributed by atoms with Gasteiger partial charge in [0.05, 0.1) is 6.61 Å². The second kappa shape index (κ2) is 5.96. The molecule has 1 aromatic rings. The molecule has 0 aliphatic heterocycles. The highest BCUT2D eigenvalue weighted by Crippen LogP contribution is 2.42. The van der Waals surface area contributed by atoms with Crippen molar-refractivity contribution in [1.29, 1.82) is 0 Å². The van der Waals surface area contributed by atoms with Gasteiger partial charge in [0.2, 0.25) is 0 Å². The molecule has 0 amide bonds. The molecule has 6 nitrogen and oxygen atoms in total. The Morgan fingerprint density at radius 2 is 2.38 bits per heavy atom. The largest absolute Gasteiger partial charge is 0.465 e. The summed E-state index contributed by atoms with van der Waals surface area (Å²) >= 11 is 1.71. The zero-order valence-corrected chi connectivity index (χ0v) is 13.4. The van der Waals surface area contributed by atoms with E-state index in [-0.39, 0.29) is 5.97 Å². The molecule has 2 aliphatic carbocycles. The summed E-state index contributed by atoms with van der Waals surface area (Å²) in [5.41, 5.74) is -0.493. The Morgan fingerprint density at radius 3 is 3.00 bits per heavy atom. The molecule has 116 valence electrons.